The fraction of sp³-hybridized carbons (Fsp3) is 0.500. The zero-order valence-corrected chi connectivity index (χ0v) is 12.9. The maximum Gasteiger partial charge on any atom is 0.348 e. The summed E-state index contributed by atoms with van der Waals surface area (Å²) < 4.78 is 28.4. The molecule has 0 aliphatic heterocycles. The van der Waals surface area contributed by atoms with E-state index in [4.69, 9.17) is 13.8 Å². The third-order valence-corrected chi connectivity index (χ3v) is 5.05. The first-order valence-corrected chi connectivity index (χ1v) is 8.12. The molecule has 0 unspecified atom stereocenters. The summed E-state index contributed by atoms with van der Waals surface area (Å²) in [5.74, 6) is 0.660. The van der Waals surface area contributed by atoms with Crippen LogP contribution in [0.3, 0.4) is 0 Å². The molecule has 1 aromatic carbocycles. The number of rotatable bonds is 8. The quantitative estimate of drug-likeness (QED) is 0.688. The van der Waals surface area contributed by atoms with Gasteiger partial charge < -0.3 is 13.8 Å². The van der Waals surface area contributed by atoms with Crippen molar-refractivity contribution in [2.45, 2.75) is 25.9 Å². The van der Waals surface area contributed by atoms with Gasteiger partial charge in [-0.1, -0.05) is 18.2 Å². The number of methoxy groups -OCH3 is 1. The van der Waals surface area contributed by atoms with Crippen molar-refractivity contribution in [1.29, 1.82) is 5.26 Å². The summed E-state index contributed by atoms with van der Waals surface area (Å²) in [4.78, 5) is 0. The van der Waals surface area contributed by atoms with Crippen molar-refractivity contribution in [3.63, 3.8) is 0 Å². The predicted octanol–water partition coefficient (Wildman–Crippen LogP) is 3.40. The van der Waals surface area contributed by atoms with Gasteiger partial charge in [0.1, 0.15) is 5.75 Å². The SMILES string of the molecule is CCOP(=O)(OCC)[C@H](C#N)Cc1ccccc1OC. The molecule has 1 atom stereocenters. The number of para-hydroxylation sites is 1. The van der Waals surface area contributed by atoms with E-state index in [1.807, 2.05) is 24.3 Å². The summed E-state index contributed by atoms with van der Waals surface area (Å²) in [7, 11) is -1.88. The molecule has 0 heterocycles. The third-order valence-electron chi connectivity index (χ3n) is 2.75. The summed E-state index contributed by atoms with van der Waals surface area (Å²) >= 11 is 0. The average molecular weight is 297 g/mol. The summed E-state index contributed by atoms with van der Waals surface area (Å²) in [5, 5.41) is 9.32. The van der Waals surface area contributed by atoms with Crippen molar-refractivity contribution in [3.05, 3.63) is 29.8 Å². The zero-order chi connectivity index (χ0) is 15.0. The van der Waals surface area contributed by atoms with Crippen LogP contribution in [0.25, 0.3) is 0 Å². The Balaban J connectivity index is 3.01. The van der Waals surface area contributed by atoms with Crippen LogP contribution in [0, 0.1) is 11.3 Å². The summed E-state index contributed by atoms with van der Waals surface area (Å²) in [6, 6.07) is 9.37. The number of hydrogen-bond acceptors (Lipinski definition) is 5. The number of benzene rings is 1. The molecule has 0 N–H and O–H groups in total. The van der Waals surface area contributed by atoms with E-state index in [2.05, 4.69) is 0 Å². The maximum absolute atomic E-state index is 12.6. The first-order chi connectivity index (χ1) is 9.61. The Morgan fingerprint density at radius 3 is 2.35 bits per heavy atom. The van der Waals surface area contributed by atoms with Gasteiger partial charge in [-0.15, -0.1) is 0 Å². The lowest BCUT2D eigenvalue weighted by Gasteiger charge is -2.22. The van der Waals surface area contributed by atoms with Gasteiger partial charge in [0.2, 0.25) is 0 Å². The van der Waals surface area contributed by atoms with Crippen LogP contribution in [0.1, 0.15) is 19.4 Å². The van der Waals surface area contributed by atoms with E-state index in [9.17, 15) is 9.83 Å². The lowest BCUT2D eigenvalue weighted by molar-refractivity contribution is 0.215. The Bertz CT molecular complexity index is 502. The monoisotopic (exact) mass is 297 g/mol. The van der Waals surface area contributed by atoms with E-state index in [1.54, 1.807) is 27.0 Å². The Morgan fingerprint density at radius 2 is 1.85 bits per heavy atom. The van der Waals surface area contributed by atoms with E-state index < -0.39 is 13.3 Å². The van der Waals surface area contributed by atoms with Gasteiger partial charge in [0.25, 0.3) is 0 Å². The molecule has 110 valence electrons. The molecule has 6 heteroatoms. The summed E-state index contributed by atoms with van der Waals surface area (Å²) in [6.45, 7) is 3.93. The minimum atomic E-state index is -3.44. The van der Waals surface area contributed by atoms with E-state index in [0.29, 0.717) is 5.75 Å². The Morgan fingerprint density at radius 1 is 1.25 bits per heavy atom. The fourth-order valence-corrected chi connectivity index (χ4v) is 3.60. The highest BCUT2D eigenvalue weighted by molar-refractivity contribution is 7.55. The van der Waals surface area contributed by atoms with Gasteiger partial charge in [-0.05, 0) is 25.5 Å². The highest BCUT2D eigenvalue weighted by Gasteiger charge is 2.36. The molecule has 5 nitrogen and oxygen atoms in total. The molecular weight excluding hydrogens is 277 g/mol. The molecule has 20 heavy (non-hydrogen) atoms. The van der Waals surface area contributed by atoms with Crippen LogP contribution in [-0.2, 0) is 20.0 Å². The molecule has 0 aliphatic rings. The molecule has 0 saturated heterocycles. The molecule has 0 aliphatic carbocycles. The molecule has 0 amide bonds. The fourth-order valence-electron chi connectivity index (χ4n) is 1.89. The lowest BCUT2D eigenvalue weighted by Crippen LogP contribution is -2.15. The lowest BCUT2D eigenvalue weighted by atomic mass is 10.1. The van der Waals surface area contributed by atoms with Crippen LogP contribution < -0.4 is 4.74 Å². The van der Waals surface area contributed by atoms with Crippen molar-refractivity contribution in [3.8, 4) is 11.8 Å². The van der Waals surface area contributed by atoms with Crippen molar-refractivity contribution < 1.29 is 18.3 Å². The molecule has 0 aromatic heterocycles. The first-order valence-electron chi connectivity index (χ1n) is 6.51. The molecular formula is C14H20NO4P. The Hall–Kier alpha value is -1.34. The van der Waals surface area contributed by atoms with Gasteiger partial charge >= 0.3 is 7.60 Å². The van der Waals surface area contributed by atoms with Crippen LogP contribution in [-0.4, -0.2) is 26.0 Å². The minimum absolute atomic E-state index is 0.237. The number of hydrogen-bond donors (Lipinski definition) is 0. The van der Waals surface area contributed by atoms with Gasteiger partial charge in [-0.3, -0.25) is 4.57 Å². The minimum Gasteiger partial charge on any atom is -0.496 e. The van der Waals surface area contributed by atoms with Crippen LogP contribution in [0.2, 0.25) is 0 Å². The molecule has 0 radical (unpaired) electrons. The molecule has 0 saturated carbocycles. The van der Waals surface area contributed by atoms with Crippen molar-refractivity contribution in [2.75, 3.05) is 20.3 Å². The van der Waals surface area contributed by atoms with Gasteiger partial charge in [0, 0.05) is 6.42 Å². The van der Waals surface area contributed by atoms with E-state index in [1.165, 1.54) is 0 Å². The highest BCUT2D eigenvalue weighted by atomic mass is 31.2. The molecule has 0 spiro atoms. The maximum atomic E-state index is 12.6. The standard InChI is InChI=1S/C14H20NO4P/c1-4-18-20(16,19-5-2)13(11-15)10-12-8-6-7-9-14(12)17-3/h6-9,13H,4-5,10H2,1-3H3/t13-/m0/s1. The van der Waals surface area contributed by atoms with Crippen LogP contribution in [0.5, 0.6) is 5.75 Å². The molecule has 1 aromatic rings. The van der Waals surface area contributed by atoms with Crippen molar-refractivity contribution in [1.82, 2.24) is 0 Å². The normalized spacial score (nSPS) is 12.7. The second-order valence-electron chi connectivity index (χ2n) is 4.04. The summed E-state index contributed by atoms with van der Waals surface area (Å²) in [6.07, 6.45) is 0.262. The van der Waals surface area contributed by atoms with Gasteiger partial charge in [0.05, 0.1) is 26.4 Å². The second kappa shape index (κ2) is 8.06. The Kier molecular flexibility index (Phi) is 6.74. The smallest absolute Gasteiger partial charge is 0.348 e. The third kappa shape index (κ3) is 4.08. The summed E-state index contributed by atoms with van der Waals surface area (Å²) in [5.41, 5.74) is -0.0418. The topological polar surface area (TPSA) is 68.5 Å². The second-order valence-corrected chi connectivity index (χ2v) is 6.26. The van der Waals surface area contributed by atoms with E-state index >= 15 is 0 Å². The van der Waals surface area contributed by atoms with Gasteiger partial charge in [0.15, 0.2) is 5.66 Å². The highest BCUT2D eigenvalue weighted by Crippen LogP contribution is 2.54. The predicted molar refractivity (Wildman–Crippen MR) is 77.0 cm³/mol. The van der Waals surface area contributed by atoms with Crippen LogP contribution in [0.4, 0.5) is 0 Å². The molecule has 1 rings (SSSR count). The van der Waals surface area contributed by atoms with Gasteiger partial charge in [-0.25, -0.2) is 0 Å². The van der Waals surface area contributed by atoms with Crippen molar-refractivity contribution >= 4 is 7.60 Å². The Labute approximate surface area is 120 Å². The average Bonchev–Trinajstić information content (AvgIpc) is 2.45. The number of ether oxygens (including phenoxy) is 1. The van der Waals surface area contributed by atoms with Crippen molar-refractivity contribution in [2.24, 2.45) is 0 Å². The van der Waals surface area contributed by atoms with E-state index in [-0.39, 0.29) is 19.6 Å². The number of nitrogens with zero attached hydrogens (tertiary/aromatic N) is 1. The molecule has 0 bridgehead atoms. The largest absolute Gasteiger partial charge is 0.496 e. The zero-order valence-electron chi connectivity index (χ0n) is 12.0. The number of nitriles is 1. The van der Waals surface area contributed by atoms with E-state index in [0.717, 1.165) is 5.56 Å². The van der Waals surface area contributed by atoms with Gasteiger partial charge in [-0.2, -0.15) is 5.26 Å². The first kappa shape index (κ1) is 16.7. The molecule has 0 fully saturated rings. The van der Waals surface area contributed by atoms with Crippen LogP contribution >= 0.6 is 7.60 Å². The van der Waals surface area contributed by atoms with Crippen LogP contribution in [0.15, 0.2) is 24.3 Å².